The van der Waals surface area contributed by atoms with E-state index in [1.54, 1.807) is 12.1 Å². The van der Waals surface area contributed by atoms with Crippen molar-refractivity contribution in [3.8, 4) is 39.5 Å². The first-order valence-corrected chi connectivity index (χ1v) is 19.3. The molecule has 0 radical (unpaired) electrons. The quantitative estimate of drug-likeness (QED) is 0.167. The van der Waals surface area contributed by atoms with Gasteiger partial charge in [-0.2, -0.15) is 0 Å². The fourth-order valence-electron chi connectivity index (χ4n) is 7.45. The van der Waals surface area contributed by atoms with Crippen LogP contribution in [0.4, 0.5) is 17.2 Å². The number of fused-ring (bicyclic) bond motifs is 4. The first-order chi connectivity index (χ1) is 27.4. The summed E-state index contributed by atoms with van der Waals surface area (Å²) in [4.78, 5) is 17.3. The van der Waals surface area contributed by atoms with Crippen molar-refractivity contribution < 1.29 is 30.6 Å². The van der Waals surface area contributed by atoms with Gasteiger partial charge in [0, 0.05) is 43.7 Å². The van der Waals surface area contributed by atoms with Crippen molar-refractivity contribution in [2.75, 3.05) is 4.90 Å². The van der Waals surface area contributed by atoms with Gasteiger partial charge in [0.25, 0.3) is 0 Å². The number of pyridine rings is 1. The number of phenolic OH excluding ortho intramolecular Hbond substituents is 1. The number of aromatic hydroxyl groups is 1. The fraction of sp³-hybridized carbons (Fsp3) is 0.157. The van der Waals surface area contributed by atoms with E-state index < -0.39 is 0 Å². The molecule has 6 aromatic carbocycles. The van der Waals surface area contributed by atoms with Crippen LogP contribution in [0, 0.1) is 6.07 Å². The number of anilines is 3. The van der Waals surface area contributed by atoms with Crippen molar-refractivity contribution in [2.24, 2.45) is 0 Å². The number of nitrogens with zero attached hydrogens (tertiary/aromatic N) is 4. The molecule has 9 aromatic rings. The number of furan rings is 1. The molecule has 0 amide bonds. The zero-order valence-corrected chi connectivity index (χ0v) is 35.6. The van der Waals surface area contributed by atoms with Gasteiger partial charge in [0.2, 0.25) is 0 Å². The standard InChI is InChI=1S/C51H43N4O2.Pt/c1-50(2,3)36-27-34(28-37(31-36)51(4,5)6)33-26-35(30-38(29-33)55(45-24-13-14-25-52-45)42-21-15-17-32-16-7-8-18-39(32)42)46-48-47(41-20-10-12-23-44(41)57-48)54-49(53-46)40-19-9-11-22-43(40)56;/h7-29,31,56H,1-6H3;/q-1;. The Morgan fingerprint density at radius 3 is 2.02 bits per heavy atom. The number of phenols is 1. The molecule has 0 saturated carbocycles. The summed E-state index contributed by atoms with van der Waals surface area (Å²) in [5.74, 6) is 1.24. The fourth-order valence-corrected chi connectivity index (χ4v) is 7.45. The van der Waals surface area contributed by atoms with Crippen molar-refractivity contribution in [2.45, 2.75) is 52.4 Å². The number of hydrogen-bond donors (Lipinski definition) is 1. The van der Waals surface area contributed by atoms with E-state index >= 15 is 0 Å². The van der Waals surface area contributed by atoms with Crippen LogP contribution in [0.15, 0.2) is 150 Å². The summed E-state index contributed by atoms with van der Waals surface area (Å²) in [5, 5.41) is 14.1. The van der Waals surface area contributed by atoms with Gasteiger partial charge in [0.05, 0.1) is 11.3 Å². The minimum atomic E-state index is -0.0921. The van der Waals surface area contributed by atoms with E-state index in [-0.39, 0.29) is 37.6 Å². The molecule has 7 heteroatoms. The summed E-state index contributed by atoms with van der Waals surface area (Å²) >= 11 is 0. The Kier molecular flexibility index (Phi) is 10.0. The second kappa shape index (κ2) is 15.0. The van der Waals surface area contributed by atoms with Crippen LogP contribution in [0.2, 0.25) is 0 Å². The van der Waals surface area contributed by atoms with E-state index in [1.807, 2.05) is 60.8 Å². The molecule has 0 aliphatic carbocycles. The predicted octanol–water partition coefficient (Wildman–Crippen LogP) is 13.5. The number of benzene rings is 6. The van der Waals surface area contributed by atoms with Gasteiger partial charge >= 0.3 is 0 Å². The number of rotatable bonds is 6. The normalized spacial score (nSPS) is 11.9. The molecule has 0 spiro atoms. The Morgan fingerprint density at radius 1 is 0.638 bits per heavy atom. The molecule has 0 atom stereocenters. The smallest absolute Gasteiger partial charge is 0.155 e. The maximum absolute atomic E-state index is 11.1. The molecule has 6 nitrogen and oxygen atoms in total. The summed E-state index contributed by atoms with van der Waals surface area (Å²) in [6.07, 6.45) is 1.82. The van der Waals surface area contributed by atoms with Crippen LogP contribution >= 0.6 is 0 Å². The third kappa shape index (κ3) is 7.18. The Bertz CT molecular complexity index is 2920. The maximum Gasteiger partial charge on any atom is 0.155 e. The van der Waals surface area contributed by atoms with Gasteiger partial charge in [-0.25, -0.2) is 9.97 Å². The summed E-state index contributed by atoms with van der Waals surface area (Å²) in [6.45, 7) is 13.6. The molecule has 0 aliphatic rings. The Hall–Kier alpha value is -6.10. The molecule has 290 valence electrons. The Balaban J connectivity index is 0.00000469. The number of hydrogen-bond acceptors (Lipinski definition) is 6. The van der Waals surface area contributed by atoms with Crippen molar-refractivity contribution >= 4 is 50.0 Å². The topological polar surface area (TPSA) is 75.3 Å². The second-order valence-electron chi connectivity index (χ2n) is 16.7. The largest absolute Gasteiger partial charge is 0.507 e. The summed E-state index contributed by atoms with van der Waals surface area (Å²) in [7, 11) is 0. The van der Waals surface area contributed by atoms with Crippen molar-refractivity contribution in [3.63, 3.8) is 0 Å². The molecule has 1 N–H and O–H groups in total. The molecular weight excluding hydrogens is 896 g/mol. The Labute approximate surface area is 353 Å². The van der Waals surface area contributed by atoms with Gasteiger partial charge in [-0.1, -0.05) is 132 Å². The van der Waals surface area contributed by atoms with Crippen LogP contribution in [-0.4, -0.2) is 20.1 Å². The van der Waals surface area contributed by atoms with Crippen LogP contribution < -0.4 is 4.90 Å². The average molecular weight is 939 g/mol. The summed E-state index contributed by atoms with van der Waals surface area (Å²) < 4.78 is 6.63. The Morgan fingerprint density at radius 2 is 1.29 bits per heavy atom. The number of aromatic nitrogens is 3. The van der Waals surface area contributed by atoms with E-state index in [4.69, 9.17) is 19.4 Å². The molecule has 9 rings (SSSR count). The minimum absolute atomic E-state index is 0. The second-order valence-corrected chi connectivity index (χ2v) is 16.7. The molecule has 0 aliphatic heterocycles. The van der Waals surface area contributed by atoms with Gasteiger partial charge in [-0.05, 0) is 81.1 Å². The van der Waals surface area contributed by atoms with Crippen LogP contribution in [0.1, 0.15) is 52.7 Å². The average Bonchev–Trinajstić information content (AvgIpc) is 3.59. The van der Waals surface area contributed by atoms with E-state index in [1.165, 1.54) is 11.1 Å². The van der Waals surface area contributed by atoms with E-state index in [2.05, 4.69) is 125 Å². The summed E-state index contributed by atoms with van der Waals surface area (Å²) in [5.41, 5.74) is 9.86. The molecule has 0 saturated heterocycles. The van der Waals surface area contributed by atoms with Crippen LogP contribution in [-0.2, 0) is 31.9 Å². The molecule has 0 bridgehead atoms. The first kappa shape index (κ1) is 38.8. The van der Waals surface area contributed by atoms with Crippen LogP contribution in [0.5, 0.6) is 5.75 Å². The predicted molar refractivity (Wildman–Crippen MR) is 234 cm³/mol. The van der Waals surface area contributed by atoms with Gasteiger partial charge in [-0.3, -0.25) is 4.98 Å². The summed E-state index contributed by atoms with van der Waals surface area (Å²) in [6, 6.07) is 50.9. The monoisotopic (exact) mass is 938 g/mol. The number of para-hydroxylation sites is 2. The van der Waals surface area contributed by atoms with Gasteiger partial charge < -0.3 is 14.4 Å². The van der Waals surface area contributed by atoms with Gasteiger partial charge in [0.1, 0.15) is 28.3 Å². The minimum Gasteiger partial charge on any atom is -0.507 e. The van der Waals surface area contributed by atoms with Gasteiger partial charge in [-0.15, -0.1) is 23.8 Å². The molecule has 58 heavy (non-hydrogen) atoms. The maximum atomic E-state index is 11.1. The van der Waals surface area contributed by atoms with Crippen molar-refractivity contribution in [1.29, 1.82) is 0 Å². The van der Waals surface area contributed by atoms with E-state index in [0.717, 1.165) is 44.5 Å². The molecular formula is C51H43N4O2Pt-. The first-order valence-electron chi connectivity index (χ1n) is 19.3. The molecule has 3 aromatic heterocycles. The van der Waals surface area contributed by atoms with E-state index in [9.17, 15) is 5.11 Å². The molecule has 0 fully saturated rings. The third-order valence-electron chi connectivity index (χ3n) is 10.6. The van der Waals surface area contributed by atoms with Crippen LogP contribution in [0.3, 0.4) is 0 Å². The SMILES string of the molecule is CC(C)(C)c1cc(-c2cc(-c3nc(-c4ccccc4O)nc4c3oc3ccccc34)[c-]c(N(c3ccccn3)c3cccc4ccccc34)c2)cc(C(C)(C)C)c1.[Pt]. The zero-order valence-electron chi connectivity index (χ0n) is 33.3. The van der Waals surface area contributed by atoms with Crippen LogP contribution in [0.25, 0.3) is 66.6 Å². The zero-order chi connectivity index (χ0) is 39.5. The van der Waals surface area contributed by atoms with Gasteiger partial charge in [0.15, 0.2) is 5.82 Å². The van der Waals surface area contributed by atoms with Crippen molar-refractivity contribution in [1.82, 2.24) is 15.0 Å². The van der Waals surface area contributed by atoms with Crippen molar-refractivity contribution in [3.05, 3.63) is 163 Å². The molecule has 0 unspecified atom stereocenters. The van der Waals surface area contributed by atoms with E-state index in [0.29, 0.717) is 39.3 Å². The third-order valence-corrected chi connectivity index (χ3v) is 10.6. The molecule has 3 heterocycles.